The van der Waals surface area contributed by atoms with E-state index in [1.54, 1.807) is 0 Å². The number of hydrogen-bond acceptors (Lipinski definition) is 3. The summed E-state index contributed by atoms with van der Waals surface area (Å²) in [5, 5.41) is 0. The standard InChI is InChI=1S/C25H31N3O2/c1-4-27-17-20(16-24(27)29)25-26-21-9-5-6-10-22(21)28(25)13-7-8-14-30-23-12-11-18(2)15-19(23)3/h5-6,9-12,15,20H,4,7-8,13-14,16-17H2,1-3H3. The van der Waals surface area contributed by atoms with Crippen LogP contribution in [-0.4, -0.2) is 40.1 Å². The molecule has 0 aliphatic carbocycles. The fourth-order valence-electron chi connectivity index (χ4n) is 4.41. The number of nitrogens with zero attached hydrogens (tertiary/aromatic N) is 3. The fourth-order valence-corrected chi connectivity index (χ4v) is 4.41. The molecule has 1 aromatic heterocycles. The minimum Gasteiger partial charge on any atom is -0.493 e. The van der Waals surface area contributed by atoms with Crippen LogP contribution in [0.25, 0.3) is 11.0 Å². The molecule has 1 unspecified atom stereocenters. The second kappa shape index (κ2) is 8.90. The first-order valence-electron chi connectivity index (χ1n) is 11.0. The van der Waals surface area contributed by atoms with Crippen molar-refractivity contribution in [2.24, 2.45) is 0 Å². The normalized spacial score (nSPS) is 16.6. The van der Waals surface area contributed by atoms with Crippen LogP contribution in [0.4, 0.5) is 0 Å². The van der Waals surface area contributed by atoms with Crippen LogP contribution in [-0.2, 0) is 11.3 Å². The minimum atomic E-state index is 0.177. The summed E-state index contributed by atoms with van der Waals surface area (Å²) in [6.07, 6.45) is 2.55. The molecule has 158 valence electrons. The van der Waals surface area contributed by atoms with Crippen molar-refractivity contribution in [3.63, 3.8) is 0 Å². The van der Waals surface area contributed by atoms with Gasteiger partial charge in [-0.15, -0.1) is 0 Å². The van der Waals surface area contributed by atoms with E-state index >= 15 is 0 Å². The van der Waals surface area contributed by atoms with Crippen molar-refractivity contribution in [2.75, 3.05) is 19.7 Å². The summed E-state index contributed by atoms with van der Waals surface area (Å²) in [5.41, 5.74) is 4.61. The molecule has 5 nitrogen and oxygen atoms in total. The van der Waals surface area contributed by atoms with E-state index in [0.717, 1.165) is 55.1 Å². The zero-order valence-corrected chi connectivity index (χ0v) is 18.2. The minimum absolute atomic E-state index is 0.177. The lowest BCUT2D eigenvalue weighted by molar-refractivity contribution is -0.127. The Morgan fingerprint density at radius 3 is 2.73 bits per heavy atom. The molecule has 2 heterocycles. The van der Waals surface area contributed by atoms with Gasteiger partial charge in [-0.1, -0.05) is 29.8 Å². The molecule has 30 heavy (non-hydrogen) atoms. The number of para-hydroxylation sites is 2. The lowest BCUT2D eigenvalue weighted by Crippen LogP contribution is -2.24. The zero-order chi connectivity index (χ0) is 21.1. The Kier molecular flexibility index (Phi) is 6.07. The Balaban J connectivity index is 1.42. The van der Waals surface area contributed by atoms with Crippen LogP contribution >= 0.6 is 0 Å². The van der Waals surface area contributed by atoms with Gasteiger partial charge in [0.05, 0.1) is 17.6 Å². The Morgan fingerprint density at radius 1 is 1.13 bits per heavy atom. The molecule has 5 heteroatoms. The highest BCUT2D eigenvalue weighted by Gasteiger charge is 2.32. The van der Waals surface area contributed by atoms with Gasteiger partial charge in [-0.3, -0.25) is 4.79 Å². The summed E-state index contributed by atoms with van der Waals surface area (Å²) in [7, 11) is 0. The van der Waals surface area contributed by atoms with Crippen molar-refractivity contribution in [3.05, 3.63) is 59.4 Å². The van der Waals surface area contributed by atoms with E-state index in [9.17, 15) is 4.79 Å². The third-order valence-corrected chi connectivity index (χ3v) is 6.01. The molecule has 1 saturated heterocycles. The van der Waals surface area contributed by atoms with E-state index in [0.29, 0.717) is 13.0 Å². The Morgan fingerprint density at radius 2 is 1.97 bits per heavy atom. The number of carbonyl (C=O) groups is 1. The SMILES string of the molecule is CCN1CC(c2nc3ccccc3n2CCCCOc2ccc(C)cc2C)CC1=O. The van der Waals surface area contributed by atoms with Crippen LogP contribution in [0.1, 0.15) is 49.1 Å². The van der Waals surface area contributed by atoms with Gasteiger partial charge in [0.2, 0.25) is 5.91 Å². The van der Waals surface area contributed by atoms with Gasteiger partial charge in [-0.2, -0.15) is 0 Å². The molecule has 0 bridgehead atoms. The monoisotopic (exact) mass is 405 g/mol. The number of aryl methyl sites for hydroxylation is 3. The molecule has 1 aliphatic heterocycles. The number of fused-ring (bicyclic) bond motifs is 1. The molecule has 1 atom stereocenters. The van der Waals surface area contributed by atoms with E-state index in [1.807, 2.05) is 17.9 Å². The van der Waals surface area contributed by atoms with Gasteiger partial charge >= 0.3 is 0 Å². The number of hydrogen-bond donors (Lipinski definition) is 0. The molecule has 1 aliphatic rings. The van der Waals surface area contributed by atoms with Crippen LogP contribution in [0.15, 0.2) is 42.5 Å². The largest absolute Gasteiger partial charge is 0.493 e. The zero-order valence-electron chi connectivity index (χ0n) is 18.2. The van der Waals surface area contributed by atoms with Gasteiger partial charge in [0.15, 0.2) is 0 Å². The van der Waals surface area contributed by atoms with Crippen molar-refractivity contribution in [1.29, 1.82) is 0 Å². The molecule has 1 fully saturated rings. The number of amides is 1. The van der Waals surface area contributed by atoms with Gasteiger partial charge in [-0.05, 0) is 57.4 Å². The van der Waals surface area contributed by atoms with E-state index in [2.05, 4.69) is 54.8 Å². The van der Waals surface area contributed by atoms with E-state index < -0.39 is 0 Å². The molecule has 0 radical (unpaired) electrons. The Hall–Kier alpha value is -2.82. The maximum absolute atomic E-state index is 12.3. The number of ether oxygens (including phenoxy) is 1. The van der Waals surface area contributed by atoms with Crippen molar-refractivity contribution in [1.82, 2.24) is 14.5 Å². The van der Waals surface area contributed by atoms with E-state index in [4.69, 9.17) is 9.72 Å². The molecule has 3 aromatic rings. The van der Waals surface area contributed by atoms with Crippen LogP contribution in [0.2, 0.25) is 0 Å². The average molecular weight is 406 g/mol. The predicted octanol–water partition coefficient (Wildman–Crippen LogP) is 4.85. The highest BCUT2D eigenvalue weighted by atomic mass is 16.5. The van der Waals surface area contributed by atoms with Crippen LogP contribution < -0.4 is 4.74 Å². The smallest absolute Gasteiger partial charge is 0.223 e. The first-order valence-corrected chi connectivity index (χ1v) is 11.0. The molecule has 2 aromatic carbocycles. The van der Waals surface area contributed by atoms with Gasteiger partial charge in [0.25, 0.3) is 0 Å². The average Bonchev–Trinajstić information content (AvgIpc) is 3.29. The van der Waals surface area contributed by atoms with Crippen molar-refractivity contribution >= 4 is 16.9 Å². The Bertz CT molecular complexity index is 1040. The van der Waals surface area contributed by atoms with Gasteiger partial charge in [-0.25, -0.2) is 4.98 Å². The van der Waals surface area contributed by atoms with Crippen molar-refractivity contribution in [3.8, 4) is 5.75 Å². The van der Waals surface area contributed by atoms with Gasteiger partial charge in [0.1, 0.15) is 11.6 Å². The number of rotatable bonds is 8. The summed E-state index contributed by atoms with van der Waals surface area (Å²) in [6.45, 7) is 9.37. The third-order valence-electron chi connectivity index (χ3n) is 6.01. The topological polar surface area (TPSA) is 47.4 Å². The first kappa shape index (κ1) is 20.5. The highest BCUT2D eigenvalue weighted by molar-refractivity contribution is 5.80. The van der Waals surface area contributed by atoms with Crippen LogP contribution in [0, 0.1) is 13.8 Å². The number of imidazole rings is 1. The number of likely N-dealkylation sites (tertiary alicyclic amines) is 1. The quantitative estimate of drug-likeness (QED) is 0.504. The fraction of sp³-hybridized carbons (Fsp3) is 0.440. The molecule has 1 amide bonds. The van der Waals surface area contributed by atoms with E-state index in [1.165, 1.54) is 11.1 Å². The highest BCUT2D eigenvalue weighted by Crippen LogP contribution is 2.30. The van der Waals surface area contributed by atoms with Crippen molar-refractivity contribution < 1.29 is 9.53 Å². The second-order valence-electron chi connectivity index (χ2n) is 8.27. The Labute approximate surface area is 178 Å². The molecular weight excluding hydrogens is 374 g/mol. The van der Waals surface area contributed by atoms with Gasteiger partial charge < -0.3 is 14.2 Å². The predicted molar refractivity (Wildman–Crippen MR) is 120 cm³/mol. The number of likely N-dealkylation sites (N-methyl/N-ethyl adjacent to an activating group) is 1. The summed E-state index contributed by atoms with van der Waals surface area (Å²) in [4.78, 5) is 19.1. The van der Waals surface area contributed by atoms with Gasteiger partial charge in [0, 0.05) is 32.0 Å². The second-order valence-corrected chi connectivity index (χ2v) is 8.27. The summed E-state index contributed by atoms with van der Waals surface area (Å²) in [5.74, 6) is 2.44. The molecular formula is C25H31N3O2. The maximum Gasteiger partial charge on any atom is 0.223 e. The molecule has 0 spiro atoms. The summed E-state index contributed by atoms with van der Waals surface area (Å²) < 4.78 is 8.32. The van der Waals surface area contributed by atoms with Crippen molar-refractivity contribution in [2.45, 2.75) is 52.5 Å². The molecule has 4 rings (SSSR count). The summed E-state index contributed by atoms with van der Waals surface area (Å²) >= 11 is 0. The first-order chi connectivity index (χ1) is 14.6. The third kappa shape index (κ3) is 4.20. The number of carbonyl (C=O) groups excluding carboxylic acids is 1. The van der Waals surface area contributed by atoms with E-state index in [-0.39, 0.29) is 11.8 Å². The van der Waals surface area contributed by atoms with Crippen LogP contribution in [0.5, 0.6) is 5.75 Å². The van der Waals surface area contributed by atoms with Crippen LogP contribution in [0.3, 0.4) is 0 Å². The molecule has 0 saturated carbocycles. The summed E-state index contributed by atoms with van der Waals surface area (Å²) in [6, 6.07) is 14.6. The molecule has 0 N–H and O–H groups in total. The maximum atomic E-state index is 12.3. The number of benzene rings is 2. The number of aromatic nitrogens is 2. The number of unbranched alkanes of at least 4 members (excludes halogenated alkanes) is 1. The lowest BCUT2D eigenvalue weighted by Gasteiger charge is -2.15. The lowest BCUT2D eigenvalue weighted by atomic mass is 10.1.